The van der Waals surface area contributed by atoms with E-state index in [1.165, 1.54) is 13.0 Å². The molecule has 0 spiro atoms. The molecule has 0 aliphatic rings. The summed E-state index contributed by atoms with van der Waals surface area (Å²) in [7, 11) is -3.68. The summed E-state index contributed by atoms with van der Waals surface area (Å²) in [6.45, 7) is 11.3. The zero-order chi connectivity index (χ0) is 20.1. The molecule has 0 unspecified atom stereocenters. The van der Waals surface area contributed by atoms with Crippen LogP contribution < -0.4 is 9.50 Å². The lowest BCUT2D eigenvalue weighted by Gasteiger charge is -2.32. The molecular weight excluding hydrogens is 376 g/mol. The lowest BCUT2D eigenvalue weighted by atomic mass is 10.1. The molecule has 8 heteroatoms. The van der Waals surface area contributed by atoms with Gasteiger partial charge < -0.3 is 14.4 Å². The first-order valence-corrected chi connectivity index (χ1v) is 10.6. The minimum atomic E-state index is -3.68. The number of urea groups is 1. The van der Waals surface area contributed by atoms with Gasteiger partial charge in [0.15, 0.2) is 0 Å². The summed E-state index contributed by atoms with van der Waals surface area (Å²) < 4.78 is 28.9. The van der Waals surface area contributed by atoms with Crippen LogP contribution in [0.2, 0.25) is 5.02 Å². The van der Waals surface area contributed by atoms with E-state index in [1.54, 1.807) is 17.0 Å². The molecule has 1 rings (SSSR count). The SMILES string of the molecule is CC[C@@H](C)N(Cc1cc(Cl)ccc1OS(=O)(=O)CC)C(=O)NC(C)(C)C. The number of hydrogen-bond donors (Lipinski definition) is 1. The molecular formula is C18H29ClN2O4S. The van der Waals surface area contributed by atoms with Crippen molar-refractivity contribution < 1.29 is 17.4 Å². The van der Waals surface area contributed by atoms with Gasteiger partial charge >= 0.3 is 16.1 Å². The van der Waals surface area contributed by atoms with Crippen LogP contribution in [-0.2, 0) is 16.7 Å². The van der Waals surface area contributed by atoms with Crippen LogP contribution in [0, 0.1) is 0 Å². The van der Waals surface area contributed by atoms with Crippen molar-refractivity contribution in [2.45, 2.75) is 66.1 Å². The van der Waals surface area contributed by atoms with E-state index in [0.29, 0.717) is 10.6 Å². The number of rotatable bonds is 7. The van der Waals surface area contributed by atoms with Crippen molar-refractivity contribution in [3.63, 3.8) is 0 Å². The molecule has 0 saturated heterocycles. The van der Waals surface area contributed by atoms with Crippen LogP contribution in [0.1, 0.15) is 53.5 Å². The van der Waals surface area contributed by atoms with E-state index < -0.39 is 10.1 Å². The third-order valence-electron chi connectivity index (χ3n) is 3.80. The van der Waals surface area contributed by atoms with Gasteiger partial charge in [-0.05, 0) is 59.2 Å². The van der Waals surface area contributed by atoms with E-state index >= 15 is 0 Å². The third-order valence-corrected chi connectivity index (χ3v) is 5.17. The van der Waals surface area contributed by atoms with Crippen LogP contribution in [0.5, 0.6) is 5.75 Å². The van der Waals surface area contributed by atoms with Crippen LogP contribution in [0.15, 0.2) is 18.2 Å². The maximum Gasteiger partial charge on any atom is 0.318 e. The molecule has 148 valence electrons. The molecule has 6 nitrogen and oxygen atoms in total. The summed E-state index contributed by atoms with van der Waals surface area (Å²) in [5, 5.41) is 3.39. The molecule has 26 heavy (non-hydrogen) atoms. The molecule has 0 radical (unpaired) electrons. The van der Waals surface area contributed by atoms with Gasteiger partial charge in [-0.1, -0.05) is 18.5 Å². The summed E-state index contributed by atoms with van der Waals surface area (Å²) in [6, 6.07) is 4.43. The second kappa shape index (κ2) is 8.95. The monoisotopic (exact) mass is 404 g/mol. The molecule has 0 aliphatic heterocycles. The largest absolute Gasteiger partial charge is 0.382 e. The zero-order valence-corrected chi connectivity index (χ0v) is 17.9. The number of carbonyl (C=O) groups excluding carboxylic acids is 1. The maximum absolute atomic E-state index is 12.7. The zero-order valence-electron chi connectivity index (χ0n) is 16.3. The Morgan fingerprint density at radius 3 is 2.42 bits per heavy atom. The molecule has 1 aromatic rings. The molecule has 0 aromatic heterocycles. The Balaban J connectivity index is 3.21. The normalized spacial score (nSPS) is 13.2. The second-order valence-electron chi connectivity index (χ2n) is 7.25. The average molecular weight is 405 g/mol. The fourth-order valence-electron chi connectivity index (χ4n) is 2.17. The molecule has 0 fully saturated rings. The number of halogens is 1. The fraction of sp³-hybridized carbons (Fsp3) is 0.611. The summed E-state index contributed by atoms with van der Waals surface area (Å²) in [5.74, 6) is 0.0439. The van der Waals surface area contributed by atoms with E-state index in [1.807, 2.05) is 34.6 Å². The molecule has 1 N–H and O–H groups in total. The number of nitrogens with zero attached hydrogens (tertiary/aromatic N) is 1. The van der Waals surface area contributed by atoms with Gasteiger partial charge in [-0.25, -0.2) is 4.79 Å². The van der Waals surface area contributed by atoms with Crippen LogP contribution >= 0.6 is 11.6 Å². The second-order valence-corrected chi connectivity index (χ2v) is 9.54. The Bertz CT molecular complexity index is 729. The van der Waals surface area contributed by atoms with E-state index in [4.69, 9.17) is 15.8 Å². The molecule has 0 saturated carbocycles. The van der Waals surface area contributed by atoms with Crippen LogP contribution in [-0.4, -0.2) is 36.7 Å². The molecule has 1 atom stereocenters. The summed E-state index contributed by atoms with van der Waals surface area (Å²) in [6.07, 6.45) is 0.752. The Morgan fingerprint density at radius 1 is 1.31 bits per heavy atom. The quantitative estimate of drug-likeness (QED) is 0.691. The molecule has 0 bridgehead atoms. The Morgan fingerprint density at radius 2 is 1.92 bits per heavy atom. The highest BCUT2D eigenvalue weighted by Crippen LogP contribution is 2.27. The minimum absolute atomic E-state index is 0.0491. The van der Waals surface area contributed by atoms with E-state index in [-0.39, 0.29) is 35.7 Å². The minimum Gasteiger partial charge on any atom is -0.382 e. The van der Waals surface area contributed by atoms with Gasteiger partial charge in [-0.15, -0.1) is 0 Å². The van der Waals surface area contributed by atoms with Gasteiger partial charge in [0.25, 0.3) is 0 Å². The summed E-state index contributed by atoms with van der Waals surface area (Å²) >= 11 is 6.08. The standard InChI is InChI=1S/C18H29ClN2O4S/c1-7-13(3)21(17(22)20-18(4,5)6)12-14-11-15(19)9-10-16(14)25-26(23,24)8-2/h9-11,13H,7-8,12H2,1-6H3,(H,20,22)/t13-/m1/s1. The predicted octanol–water partition coefficient (Wildman–Crippen LogP) is 4.18. The van der Waals surface area contributed by atoms with Crippen molar-refractivity contribution in [1.82, 2.24) is 10.2 Å². The highest BCUT2D eigenvalue weighted by Gasteiger charge is 2.25. The number of hydrogen-bond acceptors (Lipinski definition) is 4. The Labute approximate surface area is 162 Å². The van der Waals surface area contributed by atoms with Gasteiger partial charge in [-0.2, -0.15) is 8.42 Å². The maximum atomic E-state index is 12.7. The first-order chi connectivity index (χ1) is 11.9. The predicted molar refractivity (Wildman–Crippen MR) is 105 cm³/mol. The van der Waals surface area contributed by atoms with Crippen molar-refractivity contribution in [3.05, 3.63) is 28.8 Å². The first-order valence-electron chi connectivity index (χ1n) is 8.68. The van der Waals surface area contributed by atoms with E-state index in [9.17, 15) is 13.2 Å². The third kappa shape index (κ3) is 7.03. The number of benzene rings is 1. The van der Waals surface area contributed by atoms with E-state index in [2.05, 4.69) is 5.32 Å². The van der Waals surface area contributed by atoms with Crippen LogP contribution in [0.3, 0.4) is 0 Å². The first kappa shape index (κ1) is 22.6. The van der Waals surface area contributed by atoms with Crippen molar-refractivity contribution in [2.75, 3.05) is 5.75 Å². The van der Waals surface area contributed by atoms with Crippen LogP contribution in [0.4, 0.5) is 4.79 Å². The highest BCUT2D eigenvalue weighted by molar-refractivity contribution is 7.87. The Kier molecular flexibility index (Phi) is 7.77. The van der Waals surface area contributed by atoms with Crippen molar-refractivity contribution in [3.8, 4) is 5.75 Å². The summed E-state index contributed by atoms with van der Waals surface area (Å²) in [4.78, 5) is 14.4. The van der Waals surface area contributed by atoms with Crippen molar-refractivity contribution >= 4 is 27.8 Å². The number of nitrogens with one attached hydrogen (secondary N) is 1. The molecule has 2 amide bonds. The number of carbonyl (C=O) groups is 1. The van der Waals surface area contributed by atoms with Gasteiger partial charge in [-0.3, -0.25) is 0 Å². The number of amides is 2. The molecule has 1 aromatic carbocycles. The molecule has 0 aliphatic carbocycles. The lowest BCUT2D eigenvalue weighted by Crippen LogP contribution is -2.50. The van der Waals surface area contributed by atoms with E-state index in [0.717, 1.165) is 6.42 Å². The lowest BCUT2D eigenvalue weighted by molar-refractivity contribution is 0.164. The topological polar surface area (TPSA) is 75.7 Å². The molecule has 0 heterocycles. The smallest absolute Gasteiger partial charge is 0.318 e. The summed E-state index contributed by atoms with van der Waals surface area (Å²) in [5.41, 5.74) is 0.154. The van der Waals surface area contributed by atoms with Crippen molar-refractivity contribution in [2.24, 2.45) is 0 Å². The van der Waals surface area contributed by atoms with Gasteiger partial charge in [0, 0.05) is 22.2 Å². The van der Waals surface area contributed by atoms with Crippen LogP contribution in [0.25, 0.3) is 0 Å². The van der Waals surface area contributed by atoms with Crippen molar-refractivity contribution in [1.29, 1.82) is 0 Å². The fourth-order valence-corrected chi connectivity index (χ4v) is 2.92. The highest BCUT2D eigenvalue weighted by atomic mass is 35.5. The van der Waals surface area contributed by atoms with Gasteiger partial charge in [0.1, 0.15) is 5.75 Å². The average Bonchev–Trinajstić information content (AvgIpc) is 2.52. The van der Waals surface area contributed by atoms with Gasteiger partial charge in [0.05, 0.1) is 12.3 Å². The van der Waals surface area contributed by atoms with Gasteiger partial charge in [0.2, 0.25) is 0 Å². The Hall–Kier alpha value is -1.47.